The van der Waals surface area contributed by atoms with E-state index in [9.17, 15) is 4.79 Å². The van der Waals surface area contributed by atoms with E-state index in [2.05, 4.69) is 10.6 Å². The van der Waals surface area contributed by atoms with E-state index in [-0.39, 0.29) is 24.3 Å². The van der Waals surface area contributed by atoms with Crippen molar-refractivity contribution in [2.75, 3.05) is 13.7 Å². The minimum absolute atomic E-state index is 0.00707. The van der Waals surface area contributed by atoms with Crippen molar-refractivity contribution in [3.63, 3.8) is 0 Å². The lowest BCUT2D eigenvalue weighted by Crippen LogP contribution is -2.41. The molecule has 8 heteroatoms. The zero-order valence-electron chi connectivity index (χ0n) is 20.2. The predicted molar refractivity (Wildman–Crippen MR) is 127 cm³/mol. The summed E-state index contributed by atoms with van der Waals surface area (Å²) in [6.07, 6.45) is 0.396. The van der Waals surface area contributed by atoms with Crippen LogP contribution in [-0.2, 0) is 20.6 Å². The number of hydrogen-bond acceptors (Lipinski definition) is 5. The fraction of sp³-hybridized carbons (Fsp3) is 0.480. The van der Waals surface area contributed by atoms with Crippen LogP contribution in [0.2, 0.25) is 0 Å². The third kappa shape index (κ3) is 4.52. The van der Waals surface area contributed by atoms with E-state index in [0.29, 0.717) is 24.3 Å². The Labute approximate surface area is 195 Å². The van der Waals surface area contributed by atoms with Gasteiger partial charge in [-0.1, -0.05) is 18.2 Å². The maximum Gasteiger partial charge on any atom is 0.495 e. The topological polar surface area (TPSA) is 68.8 Å². The Hall–Kier alpha value is -2.42. The second kappa shape index (κ2) is 8.74. The van der Waals surface area contributed by atoms with Gasteiger partial charge in [0.1, 0.15) is 11.6 Å². The molecule has 0 saturated carbocycles. The van der Waals surface area contributed by atoms with Crippen molar-refractivity contribution >= 4 is 18.5 Å². The molecule has 1 atom stereocenters. The van der Waals surface area contributed by atoms with E-state index >= 15 is 4.39 Å². The lowest BCUT2D eigenvalue weighted by molar-refractivity contribution is -0.119. The second-order valence-electron chi connectivity index (χ2n) is 9.83. The van der Waals surface area contributed by atoms with E-state index in [4.69, 9.17) is 14.0 Å². The Morgan fingerprint density at radius 1 is 1.21 bits per heavy atom. The lowest BCUT2D eigenvalue weighted by Gasteiger charge is -2.32. The first-order valence-electron chi connectivity index (χ1n) is 11.3. The highest BCUT2D eigenvalue weighted by Crippen LogP contribution is 2.37. The van der Waals surface area contributed by atoms with Gasteiger partial charge in [0.25, 0.3) is 0 Å². The van der Waals surface area contributed by atoms with Crippen LogP contribution >= 0.6 is 0 Å². The molecule has 2 aromatic carbocycles. The smallest absolute Gasteiger partial charge is 0.495 e. The first-order valence-corrected chi connectivity index (χ1v) is 11.3. The predicted octanol–water partition coefficient (Wildman–Crippen LogP) is 3.09. The summed E-state index contributed by atoms with van der Waals surface area (Å²) in [5, 5.41) is 6.02. The highest BCUT2D eigenvalue weighted by Gasteiger charge is 2.52. The first kappa shape index (κ1) is 23.7. The summed E-state index contributed by atoms with van der Waals surface area (Å²) in [5.41, 5.74) is 3.08. The average molecular weight is 454 g/mol. The quantitative estimate of drug-likeness (QED) is 0.657. The second-order valence-corrected chi connectivity index (χ2v) is 9.83. The molecular formula is C25H32BFN2O4. The molecule has 0 aromatic heterocycles. The highest BCUT2D eigenvalue weighted by molar-refractivity contribution is 6.62. The third-order valence-electron chi connectivity index (χ3n) is 7.11. The Bertz CT molecular complexity index is 1060. The molecule has 0 bridgehead atoms. The molecule has 2 heterocycles. The van der Waals surface area contributed by atoms with Crippen LogP contribution in [0.5, 0.6) is 5.75 Å². The number of benzene rings is 2. The number of carbonyl (C=O) groups is 1. The molecule has 176 valence electrons. The molecule has 2 aliphatic rings. The molecule has 4 rings (SSSR count). The first-order chi connectivity index (χ1) is 15.5. The molecule has 2 N–H and O–H groups in total. The molecule has 2 aromatic rings. The Kier molecular flexibility index (Phi) is 6.29. The molecule has 2 fully saturated rings. The number of amides is 1. The van der Waals surface area contributed by atoms with Crippen LogP contribution in [0.3, 0.4) is 0 Å². The summed E-state index contributed by atoms with van der Waals surface area (Å²) in [6.45, 7) is 10.9. The molecular weight excluding hydrogens is 422 g/mol. The van der Waals surface area contributed by atoms with Crippen molar-refractivity contribution in [1.29, 1.82) is 0 Å². The van der Waals surface area contributed by atoms with Gasteiger partial charge in [0, 0.05) is 31.1 Å². The van der Waals surface area contributed by atoms with E-state index in [1.54, 1.807) is 0 Å². The van der Waals surface area contributed by atoms with Crippen LogP contribution in [-0.4, -0.2) is 43.9 Å². The SMILES string of the molecule is COc1cc(-c2cccc(B3OC(C)(C)C(C)(C)O3)c2C)cc(F)c1CN[C@@H]1CNC(=O)C1. The Morgan fingerprint density at radius 3 is 2.52 bits per heavy atom. The molecule has 0 unspecified atom stereocenters. The molecule has 6 nitrogen and oxygen atoms in total. The van der Waals surface area contributed by atoms with Crippen molar-refractivity contribution in [2.24, 2.45) is 0 Å². The number of methoxy groups -OCH3 is 1. The van der Waals surface area contributed by atoms with Crippen molar-refractivity contribution in [2.45, 2.75) is 64.8 Å². The number of halogens is 1. The van der Waals surface area contributed by atoms with Crippen LogP contribution in [0.4, 0.5) is 4.39 Å². The molecule has 0 spiro atoms. The zero-order chi connectivity index (χ0) is 24.0. The van der Waals surface area contributed by atoms with E-state index in [1.165, 1.54) is 13.2 Å². The molecule has 2 saturated heterocycles. The van der Waals surface area contributed by atoms with Crippen LogP contribution < -0.4 is 20.8 Å². The Morgan fingerprint density at radius 2 is 1.91 bits per heavy atom. The average Bonchev–Trinajstić information content (AvgIpc) is 3.25. The molecule has 33 heavy (non-hydrogen) atoms. The van der Waals surface area contributed by atoms with Gasteiger partial charge in [-0.3, -0.25) is 4.79 Å². The van der Waals surface area contributed by atoms with Gasteiger partial charge in [0.05, 0.1) is 18.3 Å². The van der Waals surface area contributed by atoms with Crippen LogP contribution in [0, 0.1) is 12.7 Å². The van der Waals surface area contributed by atoms with Crippen molar-refractivity contribution < 1.29 is 23.2 Å². The van der Waals surface area contributed by atoms with Gasteiger partial charge in [-0.05, 0) is 68.9 Å². The number of ether oxygens (including phenoxy) is 1. The summed E-state index contributed by atoms with van der Waals surface area (Å²) in [6, 6.07) is 9.27. The summed E-state index contributed by atoms with van der Waals surface area (Å²) in [7, 11) is 1.05. The van der Waals surface area contributed by atoms with Crippen LogP contribution in [0.25, 0.3) is 11.1 Å². The number of rotatable bonds is 6. The summed E-state index contributed by atoms with van der Waals surface area (Å²) in [4.78, 5) is 11.4. The maximum atomic E-state index is 15.2. The van der Waals surface area contributed by atoms with Crippen molar-refractivity contribution in [3.05, 3.63) is 47.3 Å². The number of nitrogens with one attached hydrogen (secondary N) is 2. The van der Waals surface area contributed by atoms with Gasteiger partial charge in [-0.15, -0.1) is 0 Å². The summed E-state index contributed by atoms with van der Waals surface area (Å²) < 4.78 is 33.2. The highest BCUT2D eigenvalue weighted by atomic mass is 19.1. The van der Waals surface area contributed by atoms with Crippen LogP contribution in [0.15, 0.2) is 30.3 Å². The van der Waals surface area contributed by atoms with Gasteiger partial charge in [0.15, 0.2) is 0 Å². The van der Waals surface area contributed by atoms with Gasteiger partial charge in [-0.25, -0.2) is 4.39 Å². The van der Waals surface area contributed by atoms with Gasteiger partial charge in [0.2, 0.25) is 5.91 Å². The van der Waals surface area contributed by atoms with E-state index in [0.717, 1.165) is 22.2 Å². The summed E-state index contributed by atoms with van der Waals surface area (Å²) >= 11 is 0. The van der Waals surface area contributed by atoms with E-state index in [1.807, 2.05) is 58.9 Å². The fourth-order valence-corrected chi connectivity index (χ4v) is 4.31. The molecule has 1 amide bonds. The van der Waals surface area contributed by atoms with Gasteiger partial charge >= 0.3 is 7.12 Å². The maximum absolute atomic E-state index is 15.2. The van der Waals surface area contributed by atoms with Gasteiger partial charge < -0.3 is 24.7 Å². The largest absolute Gasteiger partial charge is 0.496 e. The summed E-state index contributed by atoms with van der Waals surface area (Å²) in [5.74, 6) is 0.123. The van der Waals surface area contributed by atoms with Crippen LogP contribution in [0.1, 0.15) is 45.2 Å². The number of carbonyl (C=O) groups excluding carboxylic acids is 1. The molecule has 0 aliphatic carbocycles. The Balaban J connectivity index is 1.62. The normalized spacial score (nSPS) is 21.4. The van der Waals surface area contributed by atoms with Crippen molar-refractivity contribution in [3.8, 4) is 16.9 Å². The zero-order valence-corrected chi connectivity index (χ0v) is 20.2. The molecule has 2 aliphatic heterocycles. The number of hydrogen-bond donors (Lipinski definition) is 2. The minimum atomic E-state index is -0.493. The monoisotopic (exact) mass is 454 g/mol. The minimum Gasteiger partial charge on any atom is -0.496 e. The molecule has 0 radical (unpaired) electrons. The lowest BCUT2D eigenvalue weighted by atomic mass is 9.74. The standard InChI is InChI=1S/C25H32BFN2O4/c1-15-18(8-7-9-20(15)26-32-24(2,3)25(4,5)33-26)16-10-21(27)19(22(11-16)31-6)14-28-17-12-23(30)29-13-17/h7-11,17,28H,12-14H2,1-6H3,(H,29,30)/t17-/m0/s1. The fourth-order valence-electron chi connectivity index (χ4n) is 4.31. The van der Waals surface area contributed by atoms with Gasteiger partial charge in [-0.2, -0.15) is 0 Å². The van der Waals surface area contributed by atoms with Crippen molar-refractivity contribution in [1.82, 2.24) is 10.6 Å². The van der Waals surface area contributed by atoms with E-state index < -0.39 is 18.3 Å². The third-order valence-corrected chi connectivity index (χ3v) is 7.11.